The Balaban J connectivity index is 2.92. The number of hydrogen-bond donors (Lipinski definition) is 0. The number of nitrogens with zero attached hydrogens (tertiary/aromatic N) is 2. The first kappa shape index (κ1) is 12.2. The van der Waals surface area contributed by atoms with E-state index >= 15 is 0 Å². The monoisotopic (exact) mass is 288 g/mol. The van der Waals surface area contributed by atoms with Crippen molar-refractivity contribution in [2.75, 3.05) is 14.1 Å². The molecule has 0 radical (unpaired) electrons. The number of halogens is 2. The average Bonchev–Trinajstić information content (AvgIpc) is 2.14. The number of amides is 1. The smallest absolute Gasteiger partial charge is 0.279 e. The Labute approximate surface area is 102 Å². The van der Waals surface area contributed by atoms with Gasteiger partial charge in [0.25, 0.3) is 5.91 Å². The van der Waals surface area contributed by atoms with Gasteiger partial charge in [0.2, 0.25) is 0 Å². The number of carbonyl (C=O) groups is 1. The number of aliphatic imine (C=N–C) groups is 1. The molecule has 0 saturated heterocycles. The molecule has 0 aliphatic carbocycles. The van der Waals surface area contributed by atoms with Gasteiger partial charge < -0.3 is 4.90 Å². The molecular formula is C10H10BrClN2O. The second-order valence-electron chi connectivity index (χ2n) is 3.14. The molecule has 80 valence electrons. The second-order valence-corrected chi connectivity index (χ2v) is 4.46. The van der Waals surface area contributed by atoms with Crippen LogP contribution in [0.25, 0.3) is 0 Å². The summed E-state index contributed by atoms with van der Waals surface area (Å²) in [6, 6.07) is 5.06. The number of rotatable bonds is 2. The standard InChI is InChI=1S/C10H10BrClN2O/c1-14(2)6-13-10(15)8-4-3-7(11)5-9(8)12/h3-6H,1-2H3. The van der Waals surface area contributed by atoms with Crippen LogP contribution in [0, 0.1) is 0 Å². The van der Waals surface area contributed by atoms with Crippen molar-refractivity contribution in [3.8, 4) is 0 Å². The SMILES string of the molecule is CN(C)C=NC(=O)c1ccc(Br)cc1Cl. The van der Waals surface area contributed by atoms with E-state index in [4.69, 9.17) is 11.6 Å². The summed E-state index contributed by atoms with van der Waals surface area (Å²) in [5.74, 6) is -0.346. The topological polar surface area (TPSA) is 32.7 Å². The summed E-state index contributed by atoms with van der Waals surface area (Å²) in [5.41, 5.74) is 0.401. The van der Waals surface area contributed by atoms with Crippen LogP contribution < -0.4 is 0 Å². The largest absolute Gasteiger partial charge is 0.369 e. The van der Waals surface area contributed by atoms with Gasteiger partial charge in [-0.1, -0.05) is 27.5 Å². The van der Waals surface area contributed by atoms with Crippen LogP contribution in [0.2, 0.25) is 5.02 Å². The van der Waals surface area contributed by atoms with Crippen LogP contribution in [0.5, 0.6) is 0 Å². The lowest BCUT2D eigenvalue weighted by Gasteiger charge is -2.03. The normalized spacial score (nSPS) is 10.7. The van der Waals surface area contributed by atoms with Crippen molar-refractivity contribution in [1.29, 1.82) is 0 Å². The summed E-state index contributed by atoms with van der Waals surface area (Å²) in [7, 11) is 3.58. The molecule has 0 unspecified atom stereocenters. The highest BCUT2D eigenvalue weighted by atomic mass is 79.9. The van der Waals surface area contributed by atoms with E-state index in [-0.39, 0.29) is 5.91 Å². The molecule has 3 nitrogen and oxygen atoms in total. The molecule has 1 rings (SSSR count). The van der Waals surface area contributed by atoms with E-state index in [0.29, 0.717) is 10.6 Å². The third-order valence-electron chi connectivity index (χ3n) is 1.57. The van der Waals surface area contributed by atoms with Crippen molar-refractivity contribution in [2.24, 2.45) is 4.99 Å². The van der Waals surface area contributed by atoms with Crippen molar-refractivity contribution >= 4 is 39.8 Å². The summed E-state index contributed by atoms with van der Waals surface area (Å²) in [4.78, 5) is 17.0. The van der Waals surface area contributed by atoms with E-state index < -0.39 is 0 Å². The van der Waals surface area contributed by atoms with Crippen molar-refractivity contribution in [3.05, 3.63) is 33.3 Å². The number of hydrogen-bond acceptors (Lipinski definition) is 1. The highest BCUT2D eigenvalue weighted by Gasteiger charge is 2.08. The van der Waals surface area contributed by atoms with Gasteiger partial charge in [-0.15, -0.1) is 0 Å². The lowest BCUT2D eigenvalue weighted by atomic mass is 10.2. The van der Waals surface area contributed by atoms with E-state index in [1.54, 1.807) is 37.2 Å². The Morgan fingerprint density at radius 1 is 1.53 bits per heavy atom. The molecule has 0 aliphatic heterocycles. The van der Waals surface area contributed by atoms with E-state index in [1.807, 2.05) is 0 Å². The van der Waals surface area contributed by atoms with Crippen LogP contribution in [0.4, 0.5) is 0 Å². The Hall–Kier alpha value is -0.870. The van der Waals surface area contributed by atoms with Crippen LogP contribution in [0.3, 0.4) is 0 Å². The molecule has 1 amide bonds. The van der Waals surface area contributed by atoms with Gasteiger partial charge in [0.15, 0.2) is 0 Å². The van der Waals surface area contributed by atoms with Crippen LogP contribution in [-0.4, -0.2) is 31.2 Å². The molecule has 1 aromatic carbocycles. The van der Waals surface area contributed by atoms with Crippen molar-refractivity contribution < 1.29 is 4.79 Å². The Kier molecular flexibility index (Phi) is 4.29. The maximum absolute atomic E-state index is 11.6. The fourth-order valence-corrected chi connectivity index (χ4v) is 1.65. The zero-order valence-electron chi connectivity index (χ0n) is 8.37. The first-order valence-electron chi connectivity index (χ1n) is 4.20. The molecule has 0 aromatic heterocycles. The molecule has 0 fully saturated rings. The summed E-state index contributed by atoms with van der Waals surface area (Å²) >= 11 is 9.17. The van der Waals surface area contributed by atoms with Crippen molar-refractivity contribution in [1.82, 2.24) is 4.90 Å². The molecule has 0 atom stereocenters. The first-order valence-corrected chi connectivity index (χ1v) is 5.38. The van der Waals surface area contributed by atoms with E-state index in [1.165, 1.54) is 6.34 Å². The molecule has 0 spiro atoms. The molecule has 0 heterocycles. The lowest BCUT2D eigenvalue weighted by molar-refractivity contribution is 0.100. The molecule has 5 heteroatoms. The molecule has 0 saturated carbocycles. The quantitative estimate of drug-likeness (QED) is 0.619. The van der Waals surface area contributed by atoms with Gasteiger partial charge in [0.05, 0.1) is 16.9 Å². The van der Waals surface area contributed by atoms with Crippen LogP contribution in [-0.2, 0) is 0 Å². The van der Waals surface area contributed by atoms with Gasteiger partial charge in [-0.05, 0) is 18.2 Å². The summed E-state index contributed by atoms with van der Waals surface area (Å²) in [5, 5.41) is 0.394. The zero-order valence-corrected chi connectivity index (χ0v) is 10.7. The second kappa shape index (κ2) is 5.28. The summed E-state index contributed by atoms with van der Waals surface area (Å²) < 4.78 is 0.834. The van der Waals surface area contributed by atoms with Gasteiger partial charge in [0, 0.05) is 18.6 Å². The number of benzene rings is 1. The van der Waals surface area contributed by atoms with Gasteiger partial charge in [-0.3, -0.25) is 4.79 Å². The fourth-order valence-electron chi connectivity index (χ4n) is 0.900. The maximum atomic E-state index is 11.6. The first-order chi connectivity index (χ1) is 7.00. The van der Waals surface area contributed by atoms with Crippen LogP contribution >= 0.6 is 27.5 Å². The molecule has 15 heavy (non-hydrogen) atoms. The summed E-state index contributed by atoms with van der Waals surface area (Å²) in [6.45, 7) is 0. The van der Waals surface area contributed by atoms with Crippen LogP contribution in [0.1, 0.15) is 10.4 Å². The van der Waals surface area contributed by atoms with Crippen molar-refractivity contribution in [2.45, 2.75) is 0 Å². The zero-order chi connectivity index (χ0) is 11.4. The molecule has 0 aliphatic rings. The Bertz CT molecular complexity index is 404. The molecular weight excluding hydrogens is 279 g/mol. The summed E-state index contributed by atoms with van der Waals surface area (Å²) in [6.07, 6.45) is 1.45. The predicted octanol–water partition coefficient (Wildman–Crippen LogP) is 2.83. The van der Waals surface area contributed by atoms with Gasteiger partial charge in [-0.2, -0.15) is 4.99 Å². The van der Waals surface area contributed by atoms with Gasteiger partial charge >= 0.3 is 0 Å². The van der Waals surface area contributed by atoms with E-state index in [9.17, 15) is 4.79 Å². The number of carbonyl (C=O) groups excluding carboxylic acids is 1. The highest BCUT2D eigenvalue weighted by Crippen LogP contribution is 2.21. The maximum Gasteiger partial charge on any atom is 0.279 e. The minimum Gasteiger partial charge on any atom is -0.369 e. The predicted molar refractivity (Wildman–Crippen MR) is 65.7 cm³/mol. The molecule has 0 bridgehead atoms. The fraction of sp³-hybridized carbons (Fsp3) is 0.200. The average molecular weight is 290 g/mol. The minimum atomic E-state index is -0.346. The van der Waals surface area contributed by atoms with Crippen LogP contribution in [0.15, 0.2) is 27.7 Å². The third kappa shape index (κ3) is 3.64. The van der Waals surface area contributed by atoms with Gasteiger partial charge in [-0.25, -0.2) is 0 Å². The highest BCUT2D eigenvalue weighted by molar-refractivity contribution is 9.10. The van der Waals surface area contributed by atoms with Crippen molar-refractivity contribution in [3.63, 3.8) is 0 Å². The molecule has 0 N–H and O–H groups in total. The minimum absolute atomic E-state index is 0.346. The van der Waals surface area contributed by atoms with E-state index in [0.717, 1.165) is 4.47 Å². The third-order valence-corrected chi connectivity index (χ3v) is 2.37. The Morgan fingerprint density at radius 2 is 2.20 bits per heavy atom. The van der Waals surface area contributed by atoms with E-state index in [2.05, 4.69) is 20.9 Å². The Morgan fingerprint density at radius 3 is 2.73 bits per heavy atom. The molecule has 1 aromatic rings. The van der Waals surface area contributed by atoms with Gasteiger partial charge in [0.1, 0.15) is 0 Å². The lowest BCUT2D eigenvalue weighted by Crippen LogP contribution is -2.09.